The van der Waals surface area contributed by atoms with Crippen molar-refractivity contribution in [3.63, 3.8) is 0 Å². The number of rotatable bonds is 3. The summed E-state index contributed by atoms with van der Waals surface area (Å²) in [6.07, 6.45) is 0. The van der Waals surface area contributed by atoms with E-state index in [1.807, 2.05) is 19.9 Å². The van der Waals surface area contributed by atoms with Crippen LogP contribution in [0.1, 0.15) is 42.2 Å². The Kier molecular flexibility index (Phi) is 4.28. The summed E-state index contributed by atoms with van der Waals surface area (Å²) in [4.78, 5) is 39.4. The summed E-state index contributed by atoms with van der Waals surface area (Å²) in [7, 11) is 0. The van der Waals surface area contributed by atoms with E-state index in [1.54, 1.807) is 60.7 Å². The van der Waals surface area contributed by atoms with Gasteiger partial charge in [-0.1, -0.05) is 30.3 Å². The molecular weight excluding hydrogens is 354 g/mol. The molecule has 0 aliphatic carbocycles. The van der Waals surface area contributed by atoms with Crippen LogP contribution < -0.4 is 9.64 Å². The summed E-state index contributed by atoms with van der Waals surface area (Å²) in [5.74, 6) is -1.13. The van der Waals surface area contributed by atoms with Crippen LogP contribution in [0, 0.1) is 13.8 Å². The van der Waals surface area contributed by atoms with Gasteiger partial charge in [0.15, 0.2) is 0 Å². The van der Waals surface area contributed by atoms with Gasteiger partial charge < -0.3 is 4.74 Å². The third-order valence-corrected chi connectivity index (χ3v) is 4.85. The quantitative estimate of drug-likeness (QED) is 0.391. The number of imide groups is 1. The number of aryl methyl sites for hydroxylation is 2. The van der Waals surface area contributed by atoms with Crippen molar-refractivity contribution in [1.29, 1.82) is 0 Å². The first-order valence-corrected chi connectivity index (χ1v) is 8.83. The van der Waals surface area contributed by atoms with E-state index in [2.05, 4.69) is 0 Å². The van der Waals surface area contributed by atoms with E-state index in [0.29, 0.717) is 16.9 Å². The fraction of sp³-hybridized carbons (Fsp3) is 0.0870. The van der Waals surface area contributed by atoms with Crippen molar-refractivity contribution < 1.29 is 19.1 Å². The minimum Gasteiger partial charge on any atom is -0.423 e. The summed E-state index contributed by atoms with van der Waals surface area (Å²) in [6, 6.07) is 18.4. The molecule has 0 saturated carbocycles. The lowest BCUT2D eigenvalue weighted by Gasteiger charge is -2.17. The zero-order valence-electron chi connectivity index (χ0n) is 15.4. The Morgan fingerprint density at radius 2 is 1.39 bits per heavy atom. The van der Waals surface area contributed by atoms with Gasteiger partial charge in [-0.25, -0.2) is 9.69 Å². The number of carbonyl (C=O) groups is 3. The maximum atomic E-state index is 12.8. The van der Waals surface area contributed by atoms with Gasteiger partial charge in [0.2, 0.25) is 0 Å². The number of benzene rings is 3. The van der Waals surface area contributed by atoms with E-state index in [4.69, 9.17) is 4.74 Å². The van der Waals surface area contributed by atoms with E-state index in [1.165, 1.54) is 0 Å². The predicted molar refractivity (Wildman–Crippen MR) is 105 cm³/mol. The van der Waals surface area contributed by atoms with Crippen molar-refractivity contribution >= 4 is 23.5 Å². The van der Waals surface area contributed by atoms with Crippen molar-refractivity contribution in [3.05, 3.63) is 94.5 Å². The standard InChI is InChI=1S/C23H17NO4/c1-14-11-12-16(13-15(14)2)28-23(27)19-9-5-6-10-20(19)24-21(25)17-7-3-4-8-18(17)22(24)26/h3-13H,1-2H3. The number of nitrogens with zero attached hydrogens (tertiary/aromatic N) is 1. The van der Waals surface area contributed by atoms with Gasteiger partial charge >= 0.3 is 5.97 Å². The third kappa shape index (κ3) is 2.87. The molecule has 0 radical (unpaired) electrons. The molecule has 4 rings (SSSR count). The molecule has 3 aromatic rings. The highest BCUT2D eigenvalue weighted by molar-refractivity contribution is 6.35. The monoisotopic (exact) mass is 371 g/mol. The van der Waals surface area contributed by atoms with Crippen LogP contribution in [0.25, 0.3) is 0 Å². The largest absolute Gasteiger partial charge is 0.423 e. The summed E-state index contributed by atoms with van der Waals surface area (Å²) < 4.78 is 5.50. The summed E-state index contributed by atoms with van der Waals surface area (Å²) in [5, 5.41) is 0. The molecule has 1 aliphatic heterocycles. The smallest absolute Gasteiger partial charge is 0.345 e. The average molecular weight is 371 g/mol. The number of carbonyl (C=O) groups excluding carboxylic acids is 3. The summed E-state index contributed by atoms with van der Waals surface area (Å²) >= 11 is 0. The highest BCUT2D eigenvalue weighted by Gasteiger charge is 2.38. The molecule has 1 aliphatic rings. The second kappa shape index (κ2) is 6.78. The highest BCUT2D eigenvalue weighted by atomic mass is 16.5. The Labute approximate surface area is 162 Å². The first-order chi connectivity index (χ1) is 13.5. The van der Waals surface area contributed by atoms with Crippen LogP contribution in [0.15, 0.2) is 66.7 Å². The van der Waals surface area contributed by atoms with Crippen LogP contribution in [0.5, 0.6) is 5.75 Å². The molecule has 5 heteroatoms. The van der Waals surface area contributed by atoms with Gasteiger partial charge in [-0.3, -0.25) is 9.59 Å². The Hall–Kier alpha value is -3.73. The maximum Gasteiger partial charge on any atom is 0.345 e. The molecule has 0 saturated heterocycles. The number of para-hydroxylation sites is 1. The minimum atomic E-state index is -0.629. The number of ether oxygens (including phenoxy) is 1. The van der Waals surface area contributed by atoms with Crippen LogP contribution in [-0.4, -0.2) is 17.8 Å². The molecule has 138 valence electrons. The van der Waals surface area contributed by atoms with Gasteiger partial charge in [-0.05, 0) is 61.4 Å². The molecule has 0 aromatic heterocycles. The number of hydrogen-bond acceptors (Lipinski definition) is 4. The van der Waals surface area contributed by atoms with Gasteiger partial charge in [0.05, 0.1) is 22.4 Å². The lowest BCUT2D eigenvalue weighted by Crippen LogP contribution is -2.31. The van der Waals surface area contributed by atoms with Crippen molar-refractivity contribution in [1.82, 2.24) is 0 Å². The van der Waals surface area contributed by atoms with Crippen LogP contribution in [-0.2, 0) is 0 Å². The van der Waals surface area contributed by atoms with Crippen LogP contribution in [0.4, 0.5) is 5.69 Å². The van der Waals surface area contributed by atoms with Crippen LogP contribution in [0.3, 0.4) is 0 Å². The molecule has 2 amide bonds. The SMILES string of the molecule is Cc1ccc(OC(=O)c2ccccc2N2C(=O)c3ccccc3C2=O)cc1C. The topological polar surface area (TPSA) is 63.7 Å². The zero-order chi connectivity index (χ0) is 19.8. The number of esters is 1. The molecule has 1 heterocycles. The van der Waals surface area contributed by atoms with Gasteiger partial charge in [0.25, 0.3) is 11.8 Å². The molecule has 0 fully saturated rings. The fourth-order valence-electron chi connectivity index (χ4n) is 3.19. The number of fused-ring (bicyclic) bond motifs is 1. The summed E-state index contributed by atoms with van der Waals surface area (Å²) in [6.45, 7) is 3.90. The van der Waals surface area contributed by atoms with Crippen LogP contribution in [0.2, 0.25) is 0 Å². The van der Waals surface area contributed by atoms with Crippen molar-refractivity contribution in [2.24, 2.45) is 0 Å². The predicted octanol–water partition coefficient (Wildman–Crippen LogP) is 4.32. The Morgan fingerprint density at radius 1 is 0.786 bits per heavy atom. The van der Waals surface area contributed by atoms with Gasteiger partial charge in [0.1, 0.15) is 5.75 Å². The van der Waals surface area contributed by atoms with E-state index < -0.39 is 17.8 Å². The molecule has 0 atom stereocenters. The molecule has 0 N–H and O–H groups in total. The van der Waals surface area contributed by atoms with E-state index in [0.717, 1.165) is 16.0 Å². The molecular formula is C23H17NO4. The van der Waals surface area contributed by atoms with Gasteiger partial charge in [-0.2, -0.15) is 0 Å². The third-order valence-electron chi connectivity index (χ3n) is 4.85. The molecule has 3 aromatic carbocycles. The highest BCUT2D eigenvalue weighted by Crippen LogP contribution is 2.31. The van der Waals surface area contributed by atoms with Crippen molar-refractivity contribution in [2.45, 2.75) is 13.8 Å². The molecule has 0 unspecified atom stereocenters. The number of anilines is 1. The zero-order valence-corrected chi connectivity index (χ0v) is 15.4. The molecule has 5 nitrogen and oxygen atoms in total. The summed E-state index contributed by atoms with van der Waals surface area (Å²) in [5.41, 5.74) is 3.09. The Balaban J connectivity index is 1.70. The maximum absolute atomic E-state index is 12.8. The normalized spacial score (nSPS) is 12.9. The average Bonchev–Trinajstić information content (AvgIpc) is 2.95. The first-order valence-electron chi connectivity index (χ1n) is 8.83. The lowest BCUT2D eigenvalue weighted by atomic mass is 10.1. The van der Waals surface area contributed by atoms with Gasteiger partial charge in [-0.15, -0.1) is 0 Å². The molecule has 0 bridgehead atoms. The Bertz CT molecular complexity index is 1100. The first kappa shape index (κ1) is 17.7. The second-order valence-corrected chi connectivity index (χ2v) is 6.64. The molecule has 0 spiro atoms. The van der Waals surface area contributed by atoms with E-state index >= 15 is 0 Å². The fourth-order valence-corrected chi connectivity index (χ4v) is 3.19. The van der Waals surface area contributed by atoms with E-state index in [-0.39, 0.29) is 11.3 Å². The number of amides is 2. The minimum absolute atomic E-state index is 0.148. The van der Waals surface area contributed by atoms with Gasteiger partial charge in [0, 0.05) is 0 Å². The van der Waals surface area contributed by atoms with Crippen molar-refractivity contribution in [3.8, 4) is 5.75 Å². The van der Waals surface area contributed by atoms with Crippen molar-refractivity contribution in [2.75, 3.05) is 4.90 Å². The van der Waals surface area contributed by atoms with E-state index in [9.17, 15) is 14.4 Å². The van der Waals surface area contributed by atoms with Crippen LogP contribution >= 0.6 is 0 Å². The second-order valence-electron chi connectivity index (χ2n) is 6.64. The Morgan fingerprint density at radius 3 is 2.04 bits per heavy atom. The lowest BCUT2D eigenvalue weighted by molar-refractivity contribution is 0.0735. The number of hydrogen-bond donors (Lipinski definition) is 0. The molecule has 28 heavy (non-hydrogen) atoms.